The molecular weight excluding hydrogens is 424 g/mol. The van der Waals surface area contributed by atoms with Gasteiger partial charge in [-0.15, -0.1) is 0 Å². The molecule has 2 heterocycles. The number of hydrogen-bond acceptors (Lipinski definition) is 3. The summed E-state index contributed by atoms with van der Waals surface area (Å²) in [7, 11) is 7.42. The zero-order chi connectivity index (χ0) is 24.5. The summed E-state index contributed by atoms with van der Waals surface area (Å²) in [4.78, 5) is 13.6. The third-order valence-electron chi connectivity index (χ3n) is 7.57. The van der Waals surface area contributed by atoms with Crippen LogP contribution in [0.25, 0.3) is 16.5 Å². The number of carbonyl (C=O) groups excluding carboxylic acids is 1. The minimum atomic E-state index is -0.285. The molecule has 174 valence electrons. The second kappa shape index (κ2) is 7.45. The minimum Gasteiger partial charge on any atom is -0.497 e. The van der Waals surface area contributed by atoms with Crippen molar-refractivity contribution in [3.8, 4) is 5.75 Å². The maximum absolute atomic E-state index is 13.6. The molecule has 0 spiro atoms. The van der Waals surface area contributed by atoms with Gasteiger partial charge < -0.3 is 14.0 Å². The lowest BCUT2D eigenvalue weighted by Crippen LogP contribution is -2.30. The molecule has 5 rings (SSSR count). The van der Waals surface area contributed by atoms with Gasteiger partial charge in [0.1, 0.15) is 18.6 Å². The number of carbonyl (C=O) groups is 1. The monoisotopic (exact) mass is 455 g/mol. The van der Waals surface area contributed by atoms with Crippen molar-refractivity contribution in [1.82, 2.24) is 4.57 Å². The molecule has 0 radical (unpaired) electrons. The first-order chi connectivity index (χ1) is 16.1. The number of benzene rings is 2. The van der Waals surface area contributed by atoms with Crippen LogP contribution in [0.1, 0.15) is 36.2 Å². The molecule has 1 aliphatic heterocycles. The largest absolute Gasteiger partial charge is 0.497 e. The standard InChI is InChI=1S/C29H31N2O3/c1-16-9-11-22-19(13-16)25(17(2)30(22)5)26-27(32)20(28(26)34-8)15-24-29(3,4)21-14-18(33-7)10-12-23(21)31(24)6/h9-15H,1-8H3/q+1. The third kappa shape index (κ3) is 2.86. The van der Waals surface area contributed by atoms with Crippen LogP contribution >= 0.6 is 0 Å². The van der Waals surface area contributed by atoms with Crippen LogP contribution in [-0.2, 0) is 22.0 Å². The molecule has 0 amide bonds. The van der Waals surface area contributed by atoms with E-state index in [-0.39, 0.29) is 11.2 Å². The van der Waals surface area contributed by atoms with E-state index in [1.54, 1.807) is 14.2 Å². The van der Waals surface area contributed by atoms with Gasteiger partial charge in [0.2, 0.25) is 11.5 Å². The maximum Gasteiger partial charge on any atom is 0.209 e. The van der Waals surface area contributed by atoms with Crippen molar-refractivity contribution < 1.29 is 18.8 Å². The van der Waals surface area contributed by atoms with Crippen LogP contribution in [0.5, 0.6) is 5.75 Å². The van der Waals surface area contributed by atoms with E-state index in [1.807, 2.05) is 26.2 Å². The summed E-state index contributed by atoms with van der Waals surface area (Å²) in [5.41, 5.74) is 8.66. The van der Waals surface area contributed by atoms with Gasteiger partial charge in [-0.1, -0.05) is 11.6 Å². The summed E-state index contributed by atoms with van der Waals surface area (Å²) in [5, 5.41) is 1.09. The first kappa shape index (κ1) is 22.2. The van der Waals surface area contributed by atoms with E-state index in [0.717, 1.165) is 39.3 Å². The average Bonchev–Trinajstić information content (AvgIpc) is 3.16. The lowest BCUT2D eigenvalue weighted by atomic mass is 9.77. The van der Waals surface area contributed by atoms with Gasteiger partial charge in [0.25, 0.3) is 0 Å². The molecule has 2 aliphatic rings. The van der Waals surface area contributed by atoms with E-state index in [0.29, 0.717) is 16.9 Å². The fourth-order valence-corrected chi connectivity index (χ4v) is 5.52. The summed E-state index contributed by atoms with van der Waals surface area (Å²) < 4.78 is 15.6. The second-order valence-electron chi connectivity index (χ2n) is 9.79. The molecule has 34 heavy (non-hydrogen) atoms. The summed E-state index contributed by atoms with van der Waals surface area (Å²) in [6, 6.07) is 12.5. The van der Waals surface area contributed by atoms with Crippen LogP contribution in [0.15, 0.2) is 53.8 Å². The Morgan fingerprint density at radius 2 is 1.76 bits per heavy atom. The van der Waals surface area contributed by atoms with E-state index < -0.39 is 0 Å². The normalized spacial score (nSPS) is 18.1. The zero-order valence-corrected chi connectivity index (χ0v) is 21.2. The van der Waals surface area contributed by atoms with Crippen molar-refractivity contribution in [1.29, 1.82) is 0 Å². The molecule has 0 bridgehead atoms. The van der Waals surface area contributed by atoms with Crippen LogP contribution in [0.4, 0.5) is 5.69 Å². The summed E-state index contributed by atoms with van der Waals surface area (Å²) in [6.07, 6.45) is 2.00. The van der Waals surface area contributed by atoms with E-state index >= 15 is 0 Å². The predicted molar refractivity (Wildman–Crippen MR) is 136 cm³/mol. The van der Waals surface area contributed by atoms with Crippen molar-refractivity contribution in [2.75, 3.05) is 21.3 Å². The SMILES string of the molecule is COC1=C(c2c(C)n(C)c3ccc(C)cc23)C(=O)/C1=C\C1=[N+](C)c2ccc(OC)cc2C1(C)C. The molecular formula is C29H31N2O3+. The molecule has 3 aromatic rings. The molecule has 0 saturated heterocycles. The van der Waals surface area contributed by atoms with Gasteiger partial charge in [-0.25, -0.2) is 0 Å². The molecule has 1 aliphatic carbocycles. The Bertz CT molecular complexity index is 1500. The van der Waals surface area contributed by atoms with Crippen LogP contribution in [0.3, 0.4) is 0 Å². The number of allylic oxidation sites excluding steroid dienone is 3. The molecule has 2 aromatic carbocycles. The fraction of sp³-hybridized carbons (Fsp3) is 0.310. The predicted octanol–water partition coefficient (Wildman–Crippen LogP) is 5.38. The van der Waals surface area contributed by atoms with Crippen LogP contribution in [0, 0.1) is 13.8 Å². The molecule has 0 atom stereocenters. The Morgan fingerprint density at radius 1 is 1.03 bits per heavy atom. The van der Waals surface area contributed by atoms with Gasteiger partial charge in [-0.05, 0) is 52.0 Å². The molecule has 0 N–H and O–H groups in total. The molecule has 0 unspecified atom stereocenters. The van der Waals surface area contributed by atoms with Crippen molar-refractivity contribution in [3.63, 3.8) is 0 Å². The zero-order valence-electron chi connectivity index (χ0n) is 21.2. The van der Waals surface area contributed by atoms with Crippen molar-refractivity contribution in [2.45, 2.75) is 33.1 Å². The van der Waals surface area contributed by atoms with Gasteiger partial charge in [0.05, 0.1) is 30.8 Å². The number of ether oxygens (including phenoxy) is 2. The number of aromatic nitrogens is 1. The first-order valence-electron chi connectivity index (χ1n) is 11.5. The summed E-state index contributed by atoms with van der Waals surface area (Å²) in [6.45, 7) is 8.50. The highest BCUT2D eigenvalue weighted by molar-refractivity contribution is 6.41. The van der Waals surface area contributed by atoms with Gasteiger partial charge in [-0.3, -0.25) is 4.79 Å². The van der Waals surface area contributed by atoms with E-state index in [4.69, 9.17) is 9.47 Å². The molecule has 0 fully saturated rings. The highest BCUT2D eigenvalue weighted by Gasteiger charge is 2.46. The molecule has 5 nitrogen and oxygen atoms in total. The lowest BCUT2D eigenvalue weighted by Gasteiger charge is -2.26. The first-order valence-corrected chi connectivity index (χ1v) is 11.5. The average molecular weight is 456 g/mol. The fourth-order valence-electron chi connectivity index (χ4n) is 5.52. The lowest BCUT2D eigenvalue weighted by molar-refractivity contribution is -0.401. The Morgan fingerprint density at radius 3 is 2.44 bits per heavy atom. The Hall–Kier alpha value is -3.60. The Kier molecular flexibility index (Phi) is 4.87. The number of methoxy groups -OCH3 is 2. The van der Waals surface area contributed by atoms with Crippen LogP contribution in [-0.4, -0.2) is 41.9 Å². The van der Waals surface area contributed by atoms with E-state index in [9.17, 15) is 4.79 Å². The Labute approximate surface area is 200 Å². The number of Topliss-reactive ketones (excluding diaryl/α,β-unsaturated/α-hetero) is 1. The molecule has 5 heteroatoms. The number of nitrogens with zero attached hydrogens (tertiary/aromatic N) is 2. The third-order valence-corrected chi connectivity index (χ3v) is 7.57. The number of rotatable bonds is 4. The van der Waals surface area contributed by atoms with Crippen LogP contribution in [0.2, 0.25) is 0 Å². The van der Waals surface area contributed by atoms with Crippen molar-refractivity contribution in [3.05, 3.63) is 76.2 Å². The molecule has 0 saturated carbocycles. The highest BCUT2D eigenvalue weighted by atomic mass is 16.5. The van der Waals surface area contributed by atoms with Gasteiger partial charge in [-0.2, -0.15) is 4.58 Å². The number of fused-ring (bicyclic) bond motifs is 2. The molecule has 1 aromatic heterocycles. The summed E-state index contributed by atoms with van der Waals surface area (Å²) in [5.74, 6) is 1.52. The van der Waals surface area contributed by atoms with E-state index in [2.05, 4.69) is 67.2 Å². The highest BCUT2D eigenvalue weighted by Crippen LogP contribution is 2.46. The second-order valence-corrected chi connectivity index (χ2v) is 9.79. The van der Waals surface area contributed by atoms with Crippen molar-refractivity contribution in [2.24, 2.45) is 7.05 Å². The van der Waals surface area contributed by atoms with Gasteiger partial charge in [0, 0.05) is 46.9 Å². The Balaban J connectivity index is 1.67. The van der Waals surface area contributed by atoms with Gasteiger partial charge >= 0.3 is 0 Å². The van der Waals surface area contributed by atoms with E-state index in [1.165, 1.54) is 11.1 Å². The van der Waals surface area contributed by atoms with Crippen LogP contribution < -0.4 is 4.74 Å². The number of hydrogen-bond donors (Lipinski definition) is 0. The number of ketones is 1. The maximum atomic E-state index is 13.6. The minimum absolute atomic E-state index is 0.0270. The number of aryl methyl sites for hydroxylation is 2. The quantitative estimate of drug-likeness (QED) is 0.392. The topological polar surface area (TPSA) is 43.5 Å². The smallest absolute Gasteiger partial charge is 0.209 e. The van der Waals surface area contributed by atoms with Crippen molar-refractivity contribution >= 4 is 33.7 Å². The van der Waals surface area contributed by atoms with Gasteiger partial charge in [0.15, 0.2) is 5.71 Å². The summed E-state index contributed by atoms with van der Waals surface area (Å²) >= 11 is 0.